The zero-order valence-electron chi connectivity index (χ0n) is 13.1. The second-order valence-corrected chi connectivity index (χ2v) is 6.31. The maximum atomic E-state index is 12.1. The molecule has 2 aromatic rings. The summed E-state index contributed by atoms with van der Waals surface area (Å²) in [7, 11) is 0. The molecule has 1 atom stereocenters. The van der Waals surface area contributed by atoms with Gasteiger partial charge < -0.3 is 5.32 Å². The monoisotopic (exact) mass is 282 g/mol. The van der Waals surface area contributed by atoms with Crippen LogP contribution in [-0.4, -0.2) is 10.9 Å². The summed E-state index contributed by atoms with van der Waals surface area (Å²) in [4.78, 5) is 16.1. The Hall–Kier alpha value is -2.16. The molecule has 21 heavy (non-hydrogen) atoms. The average molecular weight is 282 g/mol. The Morgan fingerprint density at radius 1 is 1.14 bits per heavy atom. The first-order valence-electron chi connectivity index (χ1n) is 7.19. The van der Waals surface area contributed by atoms with Gasteiger partial charge in [-0.2, -0.15) is 0 Å². The summed E-state index contributed by atoms with van der Waals surface area (Å²) < 4.78 is 0. The van der Waals surface area contributed by atoms with E-state index in [9.17, 15) is 4.79 Å². The van der Waals surface area contributed by atoms with Gasteiger partial charge in [0.15, 0.2) is 0 Å². The average Bonchev–Trinajstić information content (AvgIpc) is 2.47. The fourth-order valence-electron chi connectivity index (χ4n) is 2.13. The van der Waals surface area contributed by atoms with Gasteiger partial charge in [-0.25, -0.2) is 0 Å². The Labute approximate surface area is 126 Å². The van der Waals surface area contributed by atoms with Crippen LogP contribution in [0.5, 0.6) is 0 Å². The van der Waals surface area contributed by atoms with Crippen LogP contribution in [0.1, 0.15) is 55.2 Å². The molecule has 0 aliphatic carbocycles. The summed E-state index contributed by atoms with van der Waals surface area (Å²) in [5.74, 6) is -0.101. The lowest BCUT2D eigenvalue weighted by molar-refractivity contribution is 0.0939. The second kappa shape index (κ2) is 6.08. The van der Waals surface area contributed by atoms with Crippen LogP contribution in [0.15, 0.2) is 48.8 Å². The summed E-state index contributed by atoms with van der Waals surface area (Å²) in [6.45, 7) is 8.56. The van der Waals surface area contributed by atoms with E-state index in [1.807, 2.05) is 6.92 Å². The molecular weight excluding hydrogens is 260 g/mol. The molecule has 110 valence electrons. The van der Waals surface area contributed by atoms with E-state index >= 15 is 0 Å². The molecule has 0 spiro atoms. The topological polar surface area (TPSA) is 42.0 Å². The fraction of sp³-hybridized carbons (Fsp3) is 0.333. The summed E-state index contributed by atoms with van der Waals surface area (Å²) in [5, 5.41) is 2.99. The van der Waals surface area contributed by atoms with Crippen molar-refractivity contribution >= 4 is 5.91 Å². The zero-order valence-corrected chi connectivity index (χ0v) is 13.1. The Balaban J connectivity index is 2.07. The predicted molar refractivity (Wildman–Crippen MR) is 85.3 cm³/mol. The smallest absolute Gasteiger partial charge is 0.253 e. The number of nitrogens with zero attached hydrogens (tertiary/aromatic N) is 1. The van der Waals surface area contributed by atoms with E-state index in [0.717, 1.165) is 5.56 Å². The molecule has 2 rings (SSSR count). The quantitative estimate of drug-likeness (QED) is 0.928. The fourth-order valence-corrected chi connectivity index (χ4v) is 2.13. The van der Waals surface area contributed by atoms with E-state index in [1.165, 1.54) is 5.56 Å². The molecule has 0 saturated carbocycles. The number of nitrogens with one attached hydrogen (secondary N) is 1. The standard InChI is InChI=1S/C18H22N2O/c1-13(20-17(21)15-6-5-11-19-12-15)14-7-9-16(10-8-14)18(2,3)4/h5-13H,1-4H3,(H,20,21). The molecule has 0 aliphatic heterocycles. The van der Waals surface area contributed by atoms with E-state index in [0.29, 0.717) is 5.56 Å². The van der Waals surface area contributed by atoms with Gasteiger partial charge in [0.05, 0.1) is 11.6 Å². The van der Waals surface area contributed by atoms with Gasteiger partial charge in [-0.05, 0) is 35.6 Å². The summed E-state index contributed by atoms with van der Waals surface area (Å²) >= 11 is 0. The molecule has 0 radical (unpaired) electrons. The molecule has 3 nitrogen and oxygen atoms in total. The lowest BCUT2D eigenvalue weighted by Gasteiger charge is -2.20. The zero-order chi connectivity index (χ0) is 15.5. The maximum Gasteiger partial charge on any atom is 0.253 e. The highest BCUT2D eigenvalue weighted by atomic mass is 16.1. The molecule has 0 bridgehead atoms. The first-order valence-corrected chi connectivity index (χ1v) is 7.19. The third-order valence-electron chi connectivity index (χ3n) is 3.55. The van der Waals surface area contributed by atoms with Crippen molar-refractivity contribution in [3.8, 4) is 0 Å². The van der Waals surface area contributed by atoms with Gasteiger partial charge >= 0.3 is 0 Å². The number of pyridine rings is 1. The van der Waals surface area contributed by atoms with E-state index in [2.05, 4.69) is 55.3 Å². The van der Waals surface area contributed by atoms with Crippen molar-refractivity contribution in [1.82, 2.24) is 10.3 Å². The molecule has 3 heteroatoms. The van der Waals surface area contributed by atoms with Gasteiger partial charge in [-0.15, -0.1) is 0 Å². The van der Waals surface area contributed by atoms with Crippen LogP contribution in [0.4, 0.5) is 0 Å². The molecule has 1 heterocycles. The van der Waals surface area contributed by atoms with E-state index < -0.39 is 0 Å². The number of hydrogen-bond acceptors (Lipinski definition) is 2. The number of benzene rings is 1. The lowest BCUT2D eigenvalue weighted by Crippen LogP contribution is -2.26. The van der Waals surface area contributed by atoms with Crippen LogP contribution in [0.2, 0.25) is 0 Å². The largest absolute Gasteiger partial charge is 0.345 e. The summed E-state index contributed by atoms with van der Waals surface area (Å²) in [6, 6.07) is 11.9. The number of amides is 1. The predicted octanol–water partition coefficient (Wildman–Crippen LogP) is 3.87. The third kappa shape index (κ3) is 3.91. The van der Waals surface area contributed by atoms with Crippen molar-refractivity contribution in [1.29, 1.82) is 0 Å². The van der Waals surface area contributed by atoms with E-state index in [-0.39, 0.29) is 17.4 Å². The minimum atomic E-state index is -0.101. The van der Waals surface area contributed by atoms with Gasteiger partial charge in [0, 0.05) is 12.4 Å². The van der Waals surface area contributed by atoms with Crippen molar-refractivity contribution in [3.05, 3.63) is 65.5 Å². The Bertz CT molecular complexity index is 597. The van der Waals surface area contributed by atoms with Gasteiger partial charge in [0.25, 0.3) is 5.91 Å². The number of carbonyl (C=O) groups excluding carboxylic acids is 1. The van der Waals surface area contributed by atoms with Gasteiger partial charge in [-0.1, -0.05) is 45.0 Å². The highest BCUT2D eigenvalue weighted by molar-refractivity contribution is 5.94. The SMILES string of the molecule is CC(NC(=O)c1cccnc1)c1ccc(C(C)(C)C)cc1. The molecule has 1 aromatic carbocycles. The molecule has 0 fully saturated rings. The van der Waals surface area contributed by atoms with E-state index in [4.69, 9.17) is 0 Å². The first-order chi connectivity index (χ1) is 9.88. The van der Waals surface area contributed by atoms with Crippen LogP contribution in [0, 0.1) is 0 Å². The van der Waals surface area contributed by atoms with Crippen LogP contribution in [0.25, 0.3) is 0 Å². The van der Waals surface area contributed by atoms with Gasteiger partial charge in [-0.3, -0.25) is 9.78 Å². The van der Waals surface area contributed by atoms with Crippen LogP contribution < -0.4 is 5.32 Å². The maximum absolute atomic E-state index is 12.1. The van der Waals surface area contributed by atoms with Crippen molar-refractivity contribution in [2.45, 2.75) is 39.2 Å². The van der Waals surface area contributed by atoms with Gasteiger partial charge in [0.1, 0.15) is 0 Å². The van der Waals surface area contributed by atoms with E-state index in [1.54, 1.807) is 24.5 Å². The third-order valence-corrected chi connectivity index (χ3v) is 3.55. The van der Waals surface area contributed by atoms with Crippen molar-refractivity contribution in [2.75, 3.05) is 0 Å². The number of carbonyl (C=O) groups is 1. The highest BCUT2D eigenvalue weighted by Gasteiger charge is 2.15. The Morgan fingerprint density at radius 2 is 1.81 bits per heavy atom. The van der Waals surface area contributed by atoms with Crippen molar-refractivity contribution < 1.29 is 4.79 Å². The molecule has 0 aliphatic rings. The number of hydrogen-bond donors (Lipinski definition) is 1. The first kappa shape index (κ1) is 15.2. The van der Waals surface area contributed by atoms with Crippen molar-refractivity contribution in [2.24, 2.45) is 0 Å². The van der Waals surface area contributed by atoms with Crippen LogP contribution >= 0.6 is 0 Å². The van der Waals surface area contributed by atoms with Gasteiger partial charge in [0.2, 0.25) is 0 Å². The summed E-state index contributed by atoms with van der Waals surface area (Å²) in [5.41, 5.74) is 3.11. The van der Waals surface area contributed by atoms with Crippen molar-refractivity contribution in [3.63, 3.8) is 0 Å². The Morgan fingerprint density at radius 3 is 2.33 bits per heavy atom. The molecule has 1 amide bonds. The highest BCUT2D eigenvalue weighted by Crippen LogP contribution is 2.24. The van der Waals surface area contributed by atoms with Crippen LogP contribution in [0.3, 0.4) is 0 Å². The number of rotatable bonds is 3. The van der Waals surface area contributed by atoms with Crippen LogP contribution in [-0.2, 0) is 5.41 Å². The molecule has 1 N–H and O–H groups in total. The second-order valence-electron chi connectivity index (χ2n) is 6.31. The number of aromatic nitrogens is 1. The normalized spacial score (nSPS) is 12.8. The molecule has 0 saturated heterocycles. The minimum absolute atomic E-state index is 0.0354. The Kier molecular flexibility index (Phi) is 4.41. The molecule has 1 aromatic heterocycles. The minimum Gasteiger partial charge on any atom is -0.345 e. The molecular formula is C18H22N2O. The summed E-state index contributed by atoms with van der Waals surface area (Å²) in [6.07, 6.45) is 3.23. The molecule has 1 unspecified atom stereocenters. The lowest BCUT2D eigenvalue weighted by atomic mass is 9.86.